The summed E-state index contributed by atoms with van der Waals surface area (Å²) in [6.07, 6.45) is -1.93. The van der Waals surface area contributed by atoms with E-state index in [1.54, 1.807) is 0 Å². The van der Waals surface area contributed by atoms with Gasteiger partial charge in [0.2, 0.25) is 0 Å². The van der Waals surface area contributed by atoms with Gasteiger partial charge in [0.1, 0.15) is 23.4 Å². The number of ether oxygens (including phenoxy) is 3. The van der Waals surface area contributed by atoms with E-state index >= 15 is 0 Å². The van der Waals surface area contributed by atoms with Crippen molar-refractivity contribution in [3.05, 3.63) is 69.3 Å². The van der Waals surface area contributed by atoms with Crippen LogP contribution in [0.25, 0.3) is 0 Å². The molecule has 2 aromatic rings. The predicted octanol–water partition coefficient (Wildman–Crippen LogP) is 2.05. The minimum Gasteiger partial charge on any atom is -0.507 e. The van der Waals surface area contributed by atoms with Gasteiger partial charge in [-0.15, -0.1) is 0 Å². The van der Waals surface area contributed by atoms with Crippen molar-refractivity contribution in [1.82, 2.24) is 5.32 Å². The third-order valence-electron chi connectivity index (χ3n) is 10.5. The molecule has 2 fully saturated rings. The number of rotatable bonds is 3. The normalized spacial score (nSPS) is 37.4. The smallest absolute Gasteiger partial charge is 0.198 e. The first-order valence-electron chi connectivity index (χ1n) is 15.1. The van der Waals surface area contributed by atoms with Crippen LogP contribution in [0.5, 0.6) is 11.5 Å². The molecule has 0 unspecified atom stereocenters. The summed E-state index contributed by atoms with van der Waals surface area (Å²) in [7, 11) is 0. The van der Waals surface area contributed by atoms with Crippen molar-refractivity contribution in [1.29, 1.82) is 0 Å². The third kappa shape index (κ3) is 3.59. The molecule has 2 saturated heterocycles. The van der Waals surface area contributed by atoms with Crippen molar-refractivity contribution in [3.8, 4) is 11.5 Å². The van der Waals surface area contributed by atoms with Crippen LogP contribution >= 0.6 is 0 Å². The molecule has 8 atom stereocenters. The van der Waals surface area contributed by atoms with Crippen LogP contribution in [0.4, 0.5) is 0 Å². The lowest BCUT2D eigenvalue weighted by Gasteiger charge is -2.46. The Labute approximate surface area is 257 Å². The summed E-state index contributed by atoms with van der Waals surface area (Å²) in [5.74, 6) is -2.39. The Morgan fingerprint density at radius 1 is 1.16 bits per heavy atom. The quantitative estimate of drug-likeness (QED) is 0.290. The number of hydrogen-bond donors (Lipinski definition) is 5. The molecule has 45 heavy (non-hydrogen) atoms. The number of hydrogen-bond acceptors (Lipinski definition) is 12. The Hall–Kier alpha value is -3.94. The largest absolute Gasteiger partial charge is 0.507 e. The average Bonchev–Trinajstić information content (AvgIpc) is 3.62. The summed E-state index contributed by atoms with van der Waals surface area (Å²) in [5, 5.41) is 47.7. The molecule has 0 aromatic heterocycles. The molecule has 1 spiro atoms. The number of aliphatic hydroxyl groups excluding tert-OH is 1. The number of aliphatic hydroxyl groups is 2. The van der Waals surface area contributed by atoms with Crippen LogP contribution in [-0.4, -0.2) is 85.6 Å². The van der Waals surface area contributed by atoms with Gasteiger partial charge in [0.15, 0.2) is 35.0 Å². The van der Waals surface area contributed by atoms with Crippen molar-refractivity contribution in [2.45, 2.75) is 87.5 Å². The van der Waals surface area contributed by atoms with Crippen LogP contribution in [-0.2, 0) is 19.0 Å². The van der Waals surface area contributed by atoms with E-state index in [0.717, 1.165) is 12.0 Å². The van der Waals surface area contributed by atoms with E-state index in [4.69, 9.17) is 14.2 Å². The van der Waals surface area contributed by atoms with Crippen molar-refractivity contribution in [2.24, 2.45) is 4.99 Å². The maximum absolute atomic E-state index is 13.8. The number of ketones is 3. The van der Waals surface area contributed by atoms with Crippen molar-refractivity contribution in [2.75, 3.05) is 6.54 Å². The second-order valence-corrected chi connectivity index (χ2v) is 13.1. The van der Waals surface area contributed by atoms with Gasteiger partial charge < -0.3 is 40.0 Å². The number of nitrogens with zero attached hydrogens (tertiary/aromatic N) is 1. The number of phenols is 2. The van der Waals surface area contributed by atoms with Crippen molar-refractivity contribution in [3.63, 3.8) is 0 Å². The van der Waals surface area contributed by atoms with Gasteiger partial charge in [-0.2, -0.15) is 0 Å². The first kappa shape index (κ1) is 28.5. The monoisotopic (exact) mass is 616 g/mol. The van der Waals surface area contributed by atoms with Crippen LogP contribution in [0, 0.1) is 0 Å². The van der Waals surface area contributed by atoms with Gasteiger partial charge in [0, 0.05) is 35.6 Å². The Morgan fingerprint density at radius 2 is 1.91 bits per heavy atom. The fourth-order valence-corrected chi connectivity index (χ4v) is 8.28. The zero-order chi connectivity index (χ0) is 31.8. The molecule has 4 heterocycles. The number of fused-ring (bicyclic) bond motifs is 8. The van der Waals surface area contributed by atoms with Gasteiger partial charge in [-0.3, -0.25) is 19.4 Å². The summed E-state index contributed by atoms with van der Waals surface area (Å²) in [6.45, 7) is 5.13. The van der Waals surface area contributed by atoms with E-state index in [9.17, 15) is 34.8 Å². The lowest BCUT2D eigenvalue weighted by atomic mass is 9.69. The number of aliphatic imine (C=N–C) groups is 1. The molecule has 2 bridgehead atoms. The summed E-state index contributed by atoms with van der Waals surface area (Å²) in [4.78, 5) is 44.4. The van der Waals surface area contributed by atoms with Gasteiger partial charge in [-0.1, -0.05) is 12.1 Å². The fourth-order valence-electron chi connectivity index (χ4n) is 8.28. The first-order chi connectivity index (χ1) is 21.3. The van der Waals surface area contributed by atoms with Gasteiger partial charge in [0.25, 0.3) is 0 Å². The Balaban J connectivity index is 1.29. The van der Waals surface area contributed by atoms with Gasteiger partial charge in [-0.25, -0.2) is 0 Å². The van der Waals surface area contributed by atoms with E-state index in [-0.39, 0.29) is 40.2 Å². The number of carbonyl (C=O) groups is 3. The van der Waals surface area contributed by atoms with E-state index in [2.05, 4.69) is 10.3 Å². The number of amidine groups is 1. The van der Waals surface area contributed by atoms with Crippen molar-refractivity contribution >= 4 is 23.2 Å². The third-order valence-corrected chi connectivity index (χ3v) is 10.5. The van der Waals surface area contributed by atoms with Gasteiger partial charge in [-0.05, 0) is 63.0 Å². The second-order valence-electron chi connectivity index (χ2n) is 13.1. The molecule has 234 valence electrons. The molecule has 0 saturated carbocycles. The standard InChI is InChI=1S/C33H32N2O10/c1-13(36)33(42)14(2)43-22(10-21(33)38)44-29-18-9-17-25(26(39)16-5-4-6-20(37)24(16)27(17)40)28(41)23(18)19-12-31(29,3)45-32(19)11-15-7-8-34-30(15)35-32/h4-6,9,11,14,19,21-22,29,37-38,41-42H,7-8,10,12H2,1-3H3,(H,34,35)/t14-,19-,21+,22-,29+,31+,32-,33+/m0/s1. The molecule has 2 aliphatic carbocycles. The highest BCUT2D eigenvalue weighted by molar-refractivity contribution is 6.30. The second kappa shape index (κ2) is 9.08. The number of aromatic hydroxyl groups is 2. The molecule has 0 radical (unpaired) electrons. The van der Waals surface area contributed by atoms with Crippen LogP contribution in [0.1, 0.15) is 95.0 Å². The highest BCUT2D eigenvalue weighted by Crippen LogP contribution is 2.63. The molecular weight excluding hydrogens is 584 g/mol. The zero-order valence-corrected chi connectivity index (χ0v) is 24.8. The maximum Gasteiger partial charge on any atom is 0.198 e. The number of carbonyl (C=O) groups excluding carboxylic acids is 3. The van der Waals surface area contributed by atoms with E-state index < -0.39 is 64.8 Å². The molecule has 12 heteroatoms. The average molecular weight is 617 g/mol. The number of Topliss-reactive ketones (excluding diaryl/α,β-unsaturated/α-hetero) is 1. The molecule has 4 aliphatic heterocycles. The van der Waals surface area contributed by atoms with Crippen LogP contribution in [0.2, 0.25) is 0 Å². The molecule has 8 rings (SSSR count). The molecule has 5 N–H and O–H groups in total. The van der Waals surface area contributed by atoms with E-state index in [0.29, 0.717) is 29.9 Å². The van der Waals surface area contributed by atoms with Crippen LogP contribution in [0.15, 0.2) is 40.9 Å². The number of nitrogens with one attached hydrogen (secondary N) is 1. The van der Waals surface area contributed by atoms with Crippen LogP contribution < -0.4 is 5.32 Å². The summed E-state index contributed by atoms with van der Waals surface area (Å²) in [5.41, 5.74) is -2.98. The lowest BCUT2D eigenvalue weighted by Crippen LogP contribution is -2.62. The minimum absolute atomic E-state index is 0.00452. The lowest BCUT2D eigenvalue weighted by molar-refractivity contribution is -0.301. The topological polar surface area (TPSA) is 184 Å². The number of benzene rings is 2. The Morgan fingerprint density at radius 3 is 2.62 bits per heavy atom. The SMILES string of the molecule is CC(=O)[C@]1(O)[C@H](O)C[C@H](O[C@@H]2c3cc4c(c(O)c3[C@@H]3C[C@@]2(C)O[C@@]32C=C3CCN=C3N2)C(=O)c2cccc(O)c2C4=O)O[C@H]1C. The Bertz CT molecular complexity index is 1800. The summed E-state index contributed by atoms with van der Waals surface area (Å²) >= 11 is 0. The fraction of sp³-hybridized carbons (Fsp3) is 0.455. The van der Waals surface area contributed by atoms with Gasteiger partial charge >= 0.3 is 0 Å². The van der Waals surface area contributed by atoms with Crippen LogP contribution in [0.3, 0.4) is 0 Å². The maximum atomic E-state index is 13.8. The number of phenolic OH excluding ortho intramolecular Hbond substituents is 2. The highest BCUT2D eigenvalue weighted by atomic mass is 16.7. The molecule has 0 amide bonds. The first-order valence-corrected chi connectivity index (χ1v) is 15.1. The van der Waals surface area contributed by atoms with Crippen molar-refractivity contribution < 1.29 is 49.0 Å². The van der Waals surface area contributed by atoms with Gasteiger partial charge in [0.05, 0.1) is 28.9 Å². The van der Waals surface area contributed by atoms with E-state index in [1.165, 1.54) is 38.1 Å². The Kier molecular flexibility index (Phi) is 5.75. The van der Waals surface area contributed by atoms with E-state index in [1.807, 2.05) is 13.0 Å². The summed E-state index contributed by atoms with van der Waals surface area (Å²) < 4.78 is 19.3. The minimum atomic E-state index is -2.12. The molecule has 2 aromatic carbocycles. The predicted molar refractivity (Wildman–Crippen MR) is 155 cm³/mol. The molecule has 6 aliphatic rings. The summed E-state index contributed by atoms with van der Waals surface area (Å²) in [6, 6.07) is 5.76. The molecular formula is C33H32N2O10. The highest BCUT2D eigenvalue weighted by Gasteiger charge is 2.65. The molecule has 12 nitrogen and oxygen atoms in total. The zero-order valence-electron chi connectivity index (χ0n) is 24.8.